The molecule has 5 N–H and O–H groups in total. The number of amides is 1. The molecule has 3 rings (SSSR count). The third kappa shape index (κ3) is 3.80. The summed E-state index contributed by atoms with van der Waals surface area (Å²) in [6.45, 7) is -0.0255. The zero-order chi connectivity index (χ0) is 18.0. The molecule has 2 aromatic rings. The summed E-state index contributed by atoms with van der Waals surface area (Å²) in [4.78, 5) is 32.0. The van der Waals surface area contributed by atoms with Crippen LogP contribution in [0.3, 0.4) is 0 Å². The lowest BCUT2D eigenvalue weighted by Gasteiger charge is -2.18. The van der Waals surface area contributed by atoms with Crippen LogP contribution in [0.15, 0.2) is 28.3 Å². The predicted octanol–water partition coefficient (Wildman–Crippen LogP) is 1.67. The zero-order valence-corrected chi connectivity index (χ0v) is 14.9. The molecule has 130 valence electrons. The maximum atomic E-state index is 12.4. The van der Waals surface area contributed by atoms with Gasteiger partial charge in [0.1, 0.15) is 15.8 Å². The van der Waals surface area contributed by atoms with Crippen molar-refractivity contribution in [3.05, 3.63) is 23.8 Å². The van der Waals surface area contributed by atoms with Gasteiger partial charge in [-0.05, 0) is 24.5 Å². The van der Waals surface area contributed by atoms with E-state index in [1.54, 1.807) is 18.2 Å². The van der Waals surface area contributed by atoms with Crippen molar-refractivity contribution in [1.82, 2.24) is 9.97 Å². The van der Waals surface area contributed by atoms with Crippen LogP contribution >= 0.6 is 23.5 Å². The number of nitrogens with two attached hydrogens (primary N) is 2. The highest BCUT2D eigenvalue weighted by atomic mass is 32.2. The molecule has 1 aromatic carbocycles. The monoisotopic (exact) mass is 377 g/mol. The van der Waals surface area contributed by atoms with Crippen LogP contribution in [0, 0.1) is 0 Å². The number of ketones is 1. The Hall–Kier alpha value is -2.46. The minimum atomic E-state index is -0.250. The molecule has 0 bridgehead atoms. The Bertz CT molecular complexity index is 859. The summed E-state index contributed by atoms with van der Waals surface area (Å²) < 4.78 is 5.28. The Labute approximate surface area is 152 Å². The molecule has 2 heterocycles. The van der Waals surface area contributed by atoms with Gasteiger partial charge in [0, 0.05) is 5.56 Å². The lowest BCUT2D eigenvalue weighted by atomic mass is 10.1. The van der Waals surface area contributed by atoms with Crippen molar-refractivity contribution in [3.63, 3.8) is 0 Å². The van der Waals surface area contributed by atoms with E-state index >= 15 is 0 Å². The molecule has 0 aliphatic carbocycles. The molecule has 0 saturated carbocycles. The summed E-state index contributed by atoms with van der Waals surface area (Å²) >= 11 is 2.56. The van der Waals surface area contributed by atoms with Gasteiger partial charge in [-0.1, -0.05) is 11.8 Å². The van der Waals surface area contributed by atoms with E-state index in [2.05, 4.69) is 15.3 Å². The second kappa shape index (κ2) is 7.19. The van der Waals surface area contributed by atoms with Crippen molar-refractivity contribution in [2.75, 3.05) is 35.4 Å². The van der Waals surface area contributed by atoms with Gasteiger partial charge in [0.15, 0.2) is 12.4 Å². The van der Waals surface area contributed by atoms with Crippen molar-refractivity contribution >= 4 is 52.5 Å². The van der Waals surface area contributed by atoms with Crippen molar-refractivity contribution < 1.29 is 14.3 Å². The van der Waals surface area contributed by atoms with E-state index in [1.807, 2.05) is 6.26 Å². The predicted molar refractivity (Wildman–Crippen MR) is 98.3 cm³/mol. The standard InChI is InChI=1S/C15H15N5O3S2/c1-24-13-12(16)14(20-15(17)19-13)25-6-9(21)7-2-3-10-8(4-7)18-11(22)5-23-10/h2-4H,5-6,16H2,1H3,(H,18,22)(H2,17,19,20). The highest BCUT2D eigenvalue weighted by molar-refractivity contribution is 8.00. The number of hydrogen-bond donors (Lipinski definition) is 3. The number of hydrogen-bond acceptors (Lipinski definition) is 9. The highest BCUT2D eigenvalue weighted by Gasteiger charge is 2.19. The van der Waals surface area contributed by atoms with Crippen molar-refractivity contribution in [2.24, 2.45) is 0 Å². The molecule has 0 unspecified atom stereocenters. The fourth-order valence-corrected chi connectivity index (χ4v) is 3.60. The Balaban J connectivity index is 1.74. The van der Waals surface area contributed by atoms with Gasteiger partial charge < -0.3 is 21.5 Å². The molecular formula is C15H15N5O3S2. The number of ether oxygens (including phenoxy) is 1. The van der Waals surface area contributed by atoms with E-state index in [0.717, 1.165) is 0 Å². The third-order valence-electron chi connectivity index (χ3n) is 3.36. The first-order chi connectivity index (χ1) is 12.0. The Morgan fingerprint density at radius 2 is 2.08 bits per heavy atom. The number of nitrogens with zero attached hydrogens (tertiary/aromatic N) is 2. The second-order valence-corrected chi connectivity index (χ2v) is 6.83. The maximum absolute atomic E-state index is 12.4. The van der Waals surface area contributed by atoms with E-state index in [0.29, 0.717) is 32.7 Å². The summed E-state index contributed by atoms with van der Waals surface area (Å²) in [5.41, 5.74) is 13.0. The van der Waals surface area contributed by atoms with Gasteiger partial charge in [-0.15, -0.1) is 11.8 Å². The van der Waals surface area contributed by atoms with Gasteiger partial charge in [-0.3, -0.25) is 9.59 Å². The lowest BCUT2D eigenvalue weighted by Crippen LogP contribution is -2.25. The van der Waals surface area contributed by atoms with Crippen LogP contribution in [0.2, 0.25) is 0 Å². The van der Waals surface area contributed by atoms with Crippen LogP contribution in [-0.4, -0.2) is 40.3 Å². The number of nitrogens with one attached hydrogen (secondary N) is 1. The summed E-state index contributed by atoms with van der Waals surface area (Å²) in [7, 11) is 0. The molecule has 1 aromatic heterocycles. The topological polar surface area (TPSA) is 133 Å². The van der Waals surface area contributed by atoms with Gasteiger partial charge in [-0.25, -0.2) is 9.97 Å². The smallest absolute Gasteiger partial charge is 0.262 e. The van der Waals surface area contributed by atoms with Gasteiger partial charge in [0.05, 0.1) is 17.1 Å². The largest absolute Gasteiger partial charge is 0.482 e. The summed E-state index contributed by atoms with van der Waals surface area (Å²) in [5.74, 6) is 0.404. The fraction of sp³-hybridized carbons (Fsp3) is 0.200. The van der Waals surface area contributed by atoms with E-state index < -0.39 is 0 Å². The zero-order valence-electron chi connectivity index (χ0n) is 13.2. The van der Waals surface area contributed by atoms with Gasteiger partial charge in [0.2, 0.25) is 5.95 Å². The Kier molecular flexibility index (Phi) is 5.00. The number of Topliss-reactive ketones (excluding diaryl/α,β-unsaturated/α-hetero) is 1. The van der Waals surface area contributed by atoms with E-state index in [-0.39, 0.29) is 30.0 Å². The number of fused-ring (bicyclic) bond motifs is 1. The molecule has 1 aliphatic heterocycles. The first kappa shape index (κ1) is 17.4. The van der Waals surface area contributed by atoms with E-state index in [1.165, 1.54) is 23.5 Å². The number of nitrogen functional groups attached to an aromatic ring is 2. The molecule has 0 atom stereocenters. The van der Waals surface area contributed by atoms with Crippen molar-refractivity contribution in [2.45, 2.75) is 10.1 Å². The first-order valence-electron chi connectivity index (χ1n) is 7.17. The number of carbonyl (C=O) groups is 2. The third-order valence-corrected chi connectivity index (χ3v) is 5.05. The van der Waals surface area contributed by atoms with Crippen LogP contribution in [-0.2, 0) is 4.79 Å². The molecule has 0 fully saturated rings. The van der Waals surface area contributed by atoms with Crippen molar-refractivity contribution in [3.8, 4) is 5.75 Å². The molecule has 0 spiro atoms. The van der Waals surface area contributed by atoms with E-state index in [9.17, 15) is 9.59 Å². The summed E-state index contributed by atoms with van der Waals surface area (Å²) in [5, 5.41) is 3.73. The molecular weight excluding hydrogens is 362 g/mol. The van der Waals surface area contributed by atoms with Crippen molar-refractivity contribution in [1.29, 1.82) is 0 Å². The quantitative estimate of drug-likeness (QED) is 0.404. The van der Waals surface area contributed by atoms with Gasteiger partial charge >= 0.3 is 0 Å². The summed E-state index contributed by atoms with van der Waals surface area (Å²) in [6, 6.07) is 4.92. The molecule has 0 radical (unpaired) electrons. The van der Waals surface area contributed by atoms with Crippen LogP contribution in [0.1, 0.15) is 10.4 Å². The Morgan fingerprint density at radius 3 is 2.84 bits per heavy atom. The number of thioether (sulfide) groups is 2. The average Bonchev–Trinajstić information content (AvgIpc) is 2.61. The lowest BCUT2D eigenvalue weighted by molar-refractivity contribution is -0.118. The average molecular weight is 377 g/mol. The van der Waals surface area contributed by atoms with Gasteiger partial charge in [-0.2, -0.15) is 0 Å². The maximum Gasteiger partial charge on any atom is 0.262 e. The van der Waals surface area contributed by atoms with Crippen LogP contribution in [0.4, 0.5) is 17.3 Å². The Morgan fingerprint density at radius 1 is 1.32 bits per heavy atom. The van der Waals surface area contributed by atoms with E-state index in [4.69, 9.17) is 16.2 Å². The molecule has 1 amide bonds. The molecule has 0 saturated heterocycles. The molecule has 10 heteroatoms. The molecule has 8 nitrogen and oxygen atoms in total. The van der Waals surface area contributed by atoms with Gasteiger partial charge in [0.25, 0.3) is 5.91 Å². The second-order valence-electron chi connectivity index (χ2n) is 5.07. The normalized spacial score (nSPS) is 12.9. The number of aromatic nitrogens is 2. The molecule has 25 heavy (non-hydrogen) atoms. The van der Waals surface area contributed by atoms with Crippen LogP contribution in [0.5, 0.6) is 5.75 Å². The van der Waals surface area contributed by atoms with Crippen LogP contribution < -0.4 is 21.5 Å². The minimum Gasteiger partial charge on any atom is -0.482 e. The molecule has 1 aliphatic rings. The SMILES string of the molecule is CSc1nc(N)nc(SCC(=O)c2ccc3c(c2)NC(=O)CO3)c1N. The number of carbonyl (C=O) groups excluding carboxylic acids is 2. The minimum absolute atomic E-state index is 0.0255. The number of benzene rings is 1. The summed E-state index contributed by atoms with van der Waals surface area (Å²) in [6.07, 6.45) is 1.83. The van der Waals surface area contributed by atoms with Crippen LogP contribution in [0.25, 0.3) is 0 Å². The number of anilines is 3. The number of rotatable bonds is 5. The first-order valence-corrected chi connectivity index (χ1v) is 9.38. The highest BCUT2D eigenvalue weighted by Crippen LogP contribution is 2.32. The fourth-order valence-electron chi connectivity index (χ4n) is 2.18.